The molecule has 0 atom stereocenters. The van der Waals surface area contributed by atoms with E-state index in [-0.39, 0.29) is 11.9 Å². The van der Waals surface area contributed by atoms with Crippen LogP contribution in [-0.4, -0.2) is 35.4 Å². The zero-order valence-corrected chi connectivity index (χ0v) is 13.2. The lowest BCUT2D eigenvalue weighted by Crippen LogP contribution is -2.37. The molecule has 4 nitrogen and oxygen atoms in total. The topological polar surface area (TPSA) is 45.2 Å². The molecule has 0 saturated heterocycles. The molecule has 2 rings (SSSR count). The Balaban J connectivity index is 2.55. The second kappa shape index (κ2) is 6.57. The van der Waals surface area contributed by atoms with Crippen molar-refractivity contribution in [1.82, 2.24) is 9.88 Å². The van der Waals surface area contributed by atoms with E-state index in [2.05, 4.69) is 31.1 Å². The molecule has 0 aliphatic rings. The first kappa shape index (κ1) is 15.3. The van der Waals surface area contributed by atoms with Crippen LogP contribution in [0, 0.1) is 0 Å². The molecule has 0 bridgehead atoms. The van der Waals surface area contributed by atoms with Crippen LogP contribution in [0.15, 0.2) is 30.3 Å². The van der Waals surface area contributed by atoms with Gasteiger partial charge in [-0.3, -0.25) is 4.79 Å². The van der Waals surface area contributed by atoms with E-state index in [0.29, 0.717) is 5.56 Å². The van der Waals surface area contributed by atoms with Crippen molar-refractivity contribution in [3.05, 3.63) is 35.9 Å². The summed E-state index contributed by atoms with van der Waals surface area (Å²) < 4.78 is 0. The van der Waals surface area contributed by atoms with Gasteiger partial charge in [0.05, 0.1) is 11.1 Å². The molecular formula is C17H23N3O. The summed E-state index contributed by atoms with van der Waals surface area (Å²) in [6.07, 6.45) is 0.950. The van der Waals surface area contributed by atoms with Gasteiger partial charge in [0.2, 0.25) is 0 Å². The predicted molar refractivity (Wildman–Crippen MR) is 87.8 cm³/mol. The third-order valence-corrected chi connectivity index (χ3v) is 3.55. The van der Waals surface area contributed by atoms with Crippen molar-refractivity contribution >= 4 is 22.6 Å². The van der Waals surface area contributed by atoms with Crippen LogP contribution in [0.25, 0.3) is 10.9 Å². The number of nitrogens with zero attached hydrogens (tertiary/aromatic N) is 2. The highest BCUT2D eigenvalue weighted by Gasteiger charge is 2.20. The van der Waals surface area contributed by atoms with Gasteiger partial charge in [0.15, 0.2) is 0 Å². The molecule has 0 aliphatic heterocycles. The average molecular weight is 285 g/mol. The fourth-order valence-corrected chi connectivity index (χ4v) is 2.47. The van der Waals surface area contributed by atoms with Crippen LogP contribution in [0.3, 0.4) is 0 Å². The molecule has 1 N–H and O–H groups in total. The average Bonchev–Trinajstić information content (AvgIpc) is 2.50. The number of fused-ring (bicyclic) bond motifs is 1. The Morgan fingerprint density at radius 1 is 1.33 bits per heavy atom. The summed E-state index contributed by atoms with van der Waals surface area (Å²) in [5.74, 6) is 0.791. The Labute approximate surface area is 126 Å². The number of anilines is 1. The molecular weight excluding hydrogens is 262 g/mol. The molecule has 0 aliphatic carbocycles. The third kappa shape index (κ3) is 3.15. The second-order valence-corrected chi connectivity index (χ2v) is 5.41. The standard InChI is InChI=1S/C17H23N3O/c1-5-10-20(12(2)3)17(21)14-11-16(18-4)19-15-9-7-6-8-13(14)15/h6-9,11-12H,5,10H2,1-4H3,(H,18,19). The molecule has 1 heterocycles. The van der Waals surface area contributed by atoms with Crippen molar-refractivity contribution in [2.45, 2.75) is 33.2 Å². The zero-order valence-electron chi connectivity index (χ0n) is 13.2. The Bertz CT molecular complexity index is 637. The minimum absolute atomic E-state index is 0.0713. The van der Waals surface area contributed by atoms with E-state index in [4.69, 9.17) is 0 Å². The highest BCUT2D eigenvalue weighted by atomic mass is 16.2. The minimum atomic E-state index is 0.0713. The lowest BCUT2D eigenvalue weighted by atomic mass is 10.1. The van der Waals surface area contributed by atoms with E-state index in [1.165, 1.54) is 0 Å². The molecule has 112 valence electrons. The number of nitrogens with one attached hydrogen (secondary N) is 1. The van der Waals surface area contributed by atoms with Crippen molar-refractivity contribution < 1.29 is 4.79 Å². The van der Waals surface area contributed by atoms with Crippen molar-refractivity contribution in [1.29, 1.82) is 0 Å². The number of carbonyl (C=O) groups excluding carboxylic acids is 1. The van der Waals surface area contributed by atoms with E-state index in [1.54, 1.807) is 0 Å². The van der Waals surface area contributed by atoms with Gasteiger partial charge in [0, 0.05) is 25.0 Å². The number of benzene rings is 1. The first-order valence-corrected chi connectivity index (χ1v) is 7.47. The summed E-state index contributed by atoms with van der Waals surface area (Å²) in [6.45, 7) is 6.96. The molecule has 0 radical (unpaired) electrons. The third-order valence-electron chi connectivity index (χ3n) is 3.55. The van der Waals surface area contributed by atoms with Gasteiger partial charge in [-0.2, -0.15) is 0 Å². The van der Waals surface area contributed by atoms with Gasteiger partial charge in [0.25, 0.3) is 5.91 Å². The van der Waals surface area contributed by atoms with Gasteiger partial charge in [-0.25, -0.2) is 4.98 Å². The predicted octanol–water partition coefficient (Wildman–Crippen LogP) is 3.54. The van der Waals surface area contributed by atoms with Gasteiger partial charge in [-0.1, -0.05) is 25.1 Å². The van der Waals surface area contributed by atoms with Crippen LogP contribution in [0.1, 0.15) is 37.6 Å². The summed E-state index contributed by atoms with van der Waals surface area (Å²) in [5, 5.41) is 3.94. The van der Waals surface area contributed by atoms with Crippen molar-refractivity contribution in [2.24, 2.45) is 0 Å². The SMILES string of the molecule is CCCN(C(=O)c1cc(NC)nc2ccccc12)C(C)C. The fraction of sp³-hybridized carbons (Fsp3) is 0.412. The maximum Gasteiger partial charge on any atom is 0.254 e. The van der Waals surface area contributed by atoms with Crippen LogP contribution in [-0.2, 0) is 0 Å². The molecule has 1 aromatic carbocycles. The maximum atomic E-state index is 12.9. The van der Waals surface area contributed by atoms with Gasteiger partial charge in [-0.15, -0.1) is 0 Å². The van der Waals surface area contributed by atoms with E-state index in [0.717, 1.165) is 29.7 Å². The molecule has 0 saturated carbocycles. The lowest BCUT2D eigenvalue weighted by Gasteiger charge is -2.27. The second-order valence-electron chi connectivity index (χ2n) is 5.41. The van der Waals surface area contributed by atoms with Crippen molar-refractivity contribution in [3.63, 3.8) is 0 Å². The van der Waals surface area contributed by atoms with Crippen LogP contribution in [0.2, 0.25) is 0 Å². The number of pyridine rings is 1. The van der Waals surface area contributed by atoms with Crippen molar-refractivity contribution in [3.8, 4) is 0 Å². The molecule has 21 heavy (non-hydrogen) atoms. The Morgan fingerprint density at radius 2 is 2.05 bits per heavy atom. The van der Waals surface area contributed by atoms with Gasteiger partial charge in [0.1, 0.15) is 5.82 Å². The summed E-state index contributed by atoms with van der Waals surface area (Å²) in [5.41, 5.74) is 1.56. The molecule has 0 unspecified atom stereocenters. The molecule has 4 heteroatoms. The number of rotatable bonds is 5. The summed E-state index contributed by atoms with van der Waals surface area (Å²) in [6, 6.07) is 9.80. The first-order valence-electron chi connectivity index (χ1n) is 7.47. The summed E-state index contributed by atoms with van der Waals surface area (Å²) in [7, 11) is 1.82. The van der Waals surface area contributed by atoms with Gasteiger partial charge in [-0.05, 0) is 32.4 Å². The maximum absolute atomic E-state index is 12.9. The molecule has 0 fully saturated rings. The van der Waals surface area contributed by atoms with Gasteiger partial charge < -0.3 is 10.2 Å². The van der Waals surface area contributed by atoms with Crippen LogP contribution in [0.4, 0.5) is 5.82 Å². The molecule has 2 aromatic rings. The number of hydrogen-bond acceptors (Lipinski definition) is 3. The summed E-state index contributed by atoms with van der Waals surface area (Å²) in [4.78, 5) is 19.4. The smallest absolute Gasteiger partial charge is 0.254 e. The van der Waals surface area contributed by atoms with E-state index in [9.17, 15) is 4.79 Å². The van der Waals surface area contributed by atoms with Crippen molar-refractivity contribution in [2.75, 3.05) is 18.9 Å². The van der Waals surface area contributed by atoms with E-state index in [1.807, 2.05) is 42.3 Å². The number of carbonyl (C=O) groups is 1. The Hall–Kier alpha value is -2.10. The molecule has 0 spiro atoms. The normalized spacial score (nSPS) is 10.9. The van der Waals surface area contributed by atoms with E-state index < -0.39 is 0 Å². The largest absolute Gasteiger partial charge is 0.373 e. The minimum Gasteiger partial charge on any atom is -0.373 e. The van der Waals surface area contributed by atoms with Crippen LogP contribution in [0.5, 0.6) is 0 Å². The number of para-hydroxylation sites is 1. The molecule has 1 amide bonds. The van der Waals surface area contributed by atoms with Gasteiger partial charge >= 0.3 is 0 Å². The summed E-state index contributed by atoms with van der Waals surface area (Å²) >= 11 is 0. The number of amides is 1. The lowest BCUT2D eigenvalue weighted by molar-refractivity contribution is 0.0708. The number of hydrogen-bond donors (Lipinski definition) is 1. The highest BCUT2D eigenvalue weighted by Crippen LogP contribution is 2.23. The fourth-order valence-electron chi connectivity index (χ4n) is 2.47. The van der Waals surface area contributed by atoms with Crippen LogP contribution >= 0.6 is 0 Å². The zero-order chi connectivity index (χ0) is 15.4. The monoisotopic (exact) mass is 285 g/mol. The van der Waals surface area contributed by atoms with E-state index >= 15 is 0 Å². The molecule has 1 aromatic heterocycles. The first-order chi connectivity index (χ1) is 10.1. The highest BCUT2D eigenvalue weighted by molar-refractivity contribution is 6.07. The number of aromatic nitrogens is 1. The Kier molecular flexibility index (Phi) is 4.78. The Morgan fingerprint density at radius 3 is 2.67 bits per heavy atom. The van der Waals surface area contributed by atoms with Crippen LogP contribution < -0.4 is 5.32 Å². The quantitative estimate of drug-likeness (QED) is 0.914.